The van der Waals surface area contributed by atoms with E-state index in [1.54, 1.807) is 0 Å². The Labute approximate surface area is 101 Å². The lowest BCUT2D eigenvalue weighted by molar-refractivity contribution is -0.121. The zero-order valence-corrected chi connectivity index (χ0v) is 9.56. The van der Waals surface area contributed by atoms with Crippen LogP contribution >= 0.6 is 0 Å². The maximum atomic E-state index is 11.6. The molecule has 1 aromatic carbocycles. The molecule has 0 fully saturated rings. The zero-order chi connectivity index (χ0) is 11.9. The number of hydrogen-bond acceptors (Lipinski definition) is 3. The number of benzene rings is 1. The summed E-state index contributed by atoms with van der Waals surface area (Å²) in [5.74, 6) is 0.816. The molecular weight excluding hydrogens is 216 g/mol. The van der Waals surface area contributed by atoms with Crippen LogP contribution in [0.15, 0.2) is 42.5 Å². The fourth-order valence-corrected chi connectivity index (χ4v) is 1.62. The highest BCUT2D eigenvalue weighted by atomic mass is 16.5. The van der Waals surface area contributed by atoms with Crippen molar-refractivity contribution in [1.29, 1.82) is 0 Å². The Hall–Kier alpha value is -1.81. The Morgan fingerprint density at radius 1 is 1.41 bits per heavy atom. The number of carbonyl (C=O) groups excluding carboxylic acids is 1. The first-order chi connectivity index (χ1) is 8.36. The predicted octanol–water partition coefficient (Wildman–Crippen LogP) is 0.710. The maximum Gasteiger partial charge on any atom is 0.241 e. The van der Waals surface area contributed by atoms with Gasteiger partial charge >= 0.3 is 0 Å². The summed E-state index contributed by atoms with van der Waals surface area (Å²) in [5.41, 5.74) is 0. The van der Waals surface area contributed by atoms with Gasteiger partial charge < -0.3 is 10.1 Å². The van der Waals surface area contributed by atoms with E-state index in [9.17, 15) is 4.79 Å². The Kier molecular flexibility index (Phi) is 4.16. The summed E-state index contributed by atoms with van der Waals surface area (Å²) in [7, 11) is 0. The number of rotatable bonds is 5. The largest absolute Gasteiger partial charge is 0.492 e. The molecule has 0 saturated carbocycles. The molecule has 0 aliphatic carbocycles. The van der Waals surface area contributed by atoms with Gasteiger partial charge in [0, 0.05) is 6.54 Å². The third-order valence-electron chi connectivity index (χ3n) is 2.48. The molecule has 1 amide bonds. The van der Waals surface area contributed by atoms with E-state index in [4.69, 9.17) is 4.74 Å². The van der Waals surface area contributed by atoms with E-state index >= 15 is 0 Å². The second kappa shape index (κ2) is 6.06. The average Bonchev–Trinajstić information content (AvgIpc) is 2.89. The van der Waals surface area contributed by atoms with Gasteiger partial charge in [0.25, 0.3) is 0 Å². The van der Waals surface area contributed by atoms with Gasteiger partial charge in [-0.2, -0.15) is 0 Å². The fourth-order valence-electron chi connectivity index (χ4n) is 1.62. The lowest BCUT2D eigenvalue weighted by atomic mass is 10.3. The molecule has 90 valence electrons. The highest BCUT2D eigenvalue weighted by Gasteiger charge is 2.16. The first-order valence-corrected chi connectivity index (χ1v) is 5.72. The Morgan fingerprint density at radius 3 is 2.94 bits per heavy atom. The number of hydrogen-bond donors (Lipinski definition) is 2. The predicted molar refractivity (Wildman–Crippen MR) is 65.9 cm³/mol. The molecule has 1 unspecified atom stereocenters. The third-order valence-corrected chi connectivity index (χ3v) is 2.48. The molecule has 1 aliphatic rings. The summed E-state index contributed by atoms with van der Waals surface area (Å²) in [6, 6.07) is 9.37. The van der Waals surface area contributed by atoms with Crippen molar-refractivity contribution < 1.29 is 9.53 Å². The van der Waals surface area contributed by atoms with E-state index < -0.39 is 0 Å². The van der Waals surface area contributed by atoms with Crippen molar-refractivity contribution in [3.05, 3.63) is 42.5 Å². The van der Waals surface area contributed by atoms with E-state index in [-0.39, 0.29) is 11.9 Å². The number of ether oxygens (including phenoxy) is 1. The normalized spacial score (nSPS) is 18.0. The van der Waals surface area contributed by atoms with Gasteiger partial charge in [0.15, 0.2) is 0 Å². The third kappa shape index (κ3) is 3.60. The lowest BCUT2D eigenvalue weighted by Gasteiger charge is -2.11. The van der Waals surface area contributed by atoms with Crippen LogP contribution in [0.5, 0.6) is 5.75 Å². The maximum absolute atomic E-state index is 11.6. The number of nitrogens with one attached hydrogen (secondary N) is 2. The quantitative estimate of drug-likeness (QED) is 0.580. The second-order valence-corrected chi connectivity index (χ2v) is 3.77. The van der Waals surface area contributed by atoms with Crippen molar-refractivity contribution in [3.8, 4) is 5.75 Å². The summed E-state index contributed by atoms with van der Waals surface area (Å²) in [4.78, 5) is 11.6. The SMILES string of the molecule is O=C(NCCOc1ccccc1)C1C=CCN1. The molecule has 2 rings (SSSR count). The minimum atomic E-state index is -0.188. The van der Waals surface area contributed by atoms with Crippen LogP contribution in [-0.4, -0.2) is 31.6 Å². The van der Waals surface area contributed by atoms with Crippen molar-refractivity contribution >= 4 is 5.91 Å². The van der Waals surface area contributed by atoms with E-state index in [1.807, 2.05) is 42.5 Å². The zero-order valence-electron chi connectivity index (χ0n) is 9.56. The summed E-state index contributed by atoms with van der Waals surface area (Å²) in [6.45, 7) is 1.75. The summed E-state index contributed by atoms with van der Waals surface area (Å²) < 4.78 is 5.47. The van der Waals surface area contributed by atoms with Gasteiger partial charge in [0.1, 0.15) is 18.4 Å². The monoisotopic (exact) mass is 232 g/mol. The van der Waals surface area contributed by atoms with Crippen LogP contribution in [0.3, 0.4) is 0 Å². The van der Waals surface area contributed by atoms with Crippen LogP contribution in [0.2, 0.25) is 0 Å². The molecular formula is C13H16N2O2. The van der Waals surface area contributed by atoms with Gasteiger partial charge in [-0.25, -0.2) is 0 Å². The fraction of sp³-hybridized carbons (Fsp3) is 0.308. The minimum Gasteiger partial charge on any atom is -0.492 e. The molecule has 0 radical (unpaired) electrons. The van der Waals surface area contributed by atoms with Gasteiger partial charge in [-0.1, -0.05) is 30.4 Å². The Bertz CT molecular complexity index is 390. The number of amides is 1. The number of carbonyl (C=O) groups is 1. The van der Waals surface area contributed by atoms with Crippen molar-refractivity contribution in [2.75, 3.05) is 19.7 Å². The van der Waals surface area contributed by atoms with E-state index in [2.05, 4.69) is 10.6 Å². The molecule has 0 bridgehead atoms. The highest BCUT2D eigenvalue weighted by molar-refractivity contribution is 5.84. The molecule has 0 spiro atoms. The van der Waals surface area contributed by atoms with Crippen LogP contribution in [-0.2, 0) is 4.79 Å². The topological polar surface area (TPSA) is 50.4 Å². The molecule has 4 heteroatoms. The van der Waals surface area contributed by atoms with Crippen LogP contribution in [0.25, 0.3) is 0 Å². The molecule has 1 atom stereocenters. The molecule has 1 aliphatic heterocycles. The van der Waals surface area contributed by atoms with Gasteiger partial charge in [-0.15, -0.1) is 0 Å². The molecule has 17 heavy (non-hydrogen) atoms. The van der Waals surface area contributed by atoms with Gasteiger partial charge in [0.05, 0.1) is 6.54 Å². The van der Waals surface area contributed by atoms with Crippen LogP contribution in [0.1, 0.15) is 0 Å². The smallest absolute Gasteiger partial charge is 0.241 e. The van der Waals surface area contributed by atoms with Crippen molar-refractivity contribution in [1.82, 2.24) is 10.6 Å². The standard InChI is InChI=1S/C13H16N2O2/c16-13(12-7-4-8-14-12)15-9-10-17-11-5-2-1-3-6-11/h1-7,12,14H,8-10H2,(H,15,16). The van der Waals surface area contributed by atoms with Gasteiger partial charge in [-0.05, 0) is 12.1 Å². The summed E-state index contributed by atoms with van der Waals surface area (Å²) >= 11 is 0. The molecule has 0 aromatic heterocycles. The molecule has 0 saturated heterocycles. The van der Waals surface area contributed by atoms with Crippen LogP contribution in [0.4, 0.5) is 0 Å². The Balaban J connectivity index is 1.63. The van der Waals surface area contributed by atoms with Crippen LogP contribution < -0.4 is 15.4 Å². The first-order valence-electron chi connectivity index (χ1n) is 5.72. The molecule has 1 aromatic rings. The second-order valence-electron chi connectivity index (χ2n) is 3.77. The summed E-state index contributed by atoms with van der Waals surface area (Å²) in [6.07, 6.45) is 3.82. The molecule has 2 N–H and O–H groups in total. The highest BCUT2D eigenvalue weighted by Crippen LogP contribution is 2.07. The molecule has 4 nitrogen and oxygen atoms in total. The van der Waals surface area contributed by atoms with E-state index in [0.29, 0.717) is 13.2 Å². The van der Waals surface area contributed by atoms with E-state index in [0.717, 1.165) is 12.3 Å². The van der Waals surface area contributed by atoms with Gasteiger partial charge in [-0.3, -0.25) is 10.1 Å². The van der Waals surface area contributed by atoms with E-state index in [1.165, 1.54) is 0 Å². The lowest BCUT2D eigenvalue weighted by Crippen LogP contribution is -2.41. The first kappa shape index (κ1) is 11.7. The van der Waals surface area contributed by atoms with Crippen molar-refractivity contribution in [2.24, 2.45) is 0 Å². The summed E-state index contributed by atoms with van der Waals surface area (Å²) in [5, 5.41) is 5.87. The van der Waals surface area contributed by atoms with Crippen molar-refractivity contribution in [3.63, 3.8) is 0 Å². The van der Waals surface area contributed by atoms with Gasteiger partial charge in [0.2, 0.25) is 5.91 Å². The average molecular weight is 232 g/mol. The Morgan fingerprint density at radius 2 is 2.24 bits per heavy atom. The van der Waals surface area contributed by atoms with Crippen LogP contribution in [0, 0.1) is 0 Å². The number of para-hydroxylation sites is 1. The molecule has 1 heterocycles. The van der Waals surface area contributed by atoms with Crippen molar-refractivity contribution in [2.45, 2.75) is 6.04 Å². The minimum absolute atomic E-state index is 0.00425.